The minimum Gasteiger partial charge on any atom is -0.350 e. The molecule has 3 aliphatic heterocycles. The highest BCUT2D eigenvalue weighted by Crippen LogP contribution is 2.34. The van der Waals surface area contributed by atoms with Crippen LogP contribution in [0.1, 0.15) is 43.7 Å². The zero-order chi connectivity index (χ0) is 27.0. The van der Waals surface area contributed by atoms with Crippen molar-refractivity contribution in [2.75, 3.05) is 32.7 Å². The minimum absolute atomic E-state index is 0.0251. The molecule has 0 saturated carbocycles. The SMILES string of the molecule is CC1(C#N)CN(S(=O)(=O)N2CCC[C@H](C(=O)N3CCC[C@@H]3C(=O)NCc3ccc(C(F)(F)F)cc3)C2)C1. The fourth-order valence-corrected chi connectivity index (χ4v) is 7.09. The Bertz CT molecular complexity index is 1180. The third kappa shape index (κ3) is 5.76. The van der Waals surface area contributed by atoms with Crippen LogP contribution < -0.4 is 5.32 Å². The average molecular weight is 542 g/mol. The second kappa shape index (κ2) is 10.2. The van der Waals surface area contributed by atoms with E-state index >= 15 is 0 Å². The van der Waals surface area contributed by atoms with Gasteiger partial charge in [-0.25, -0.2) is 0 Å². The Labute approximate surface area is 214 Å². The number of rotatable bonds is 6. The number of hydrogen-bond donors (Lipinski definition) is 1. The molecule has 1 N–H and O–H groups in total. The van der Waals surface area contributed by atoms with Crippen molar-refractivity contribution in [2.45, 2.75) is 51.4 Å². The summed E-state index contributed by atoms with van der Waals surface area (Å²) in [5.41, 5.74) is -0.968. The van der Waals surface area contributed by atoms with Crippen LogP contribution in [0, 0.1) is 22.7 Å². The van der Waals surface area contributed by atoms with E-state index in [0.29, 0.717) is 44.3 Å². The van der Waals surface area contributed by atoms with Gasteiger partial charge in [0.05, 0.1) is 23.0 Å². The zero-order valence-corrected chi connectivity index (χ0v) is 21.3. The highest BCUT2D eigenvalue weighted by molar-refractivity contribution is 7.86. The van der Waals surface area contributed by atoms with Gasteiger partial charge in [-0.2, -0.15) is 35.5 Å². The van der Waals surface area contributed by atoms with E-state index < -0.39 is 39.3 Å². The molecule has 2 atom stereocenters. The summed E-state index contributed by atoms with van der Waals surface area (Å²) in [6.07, 6.45) is -2.33. The van der Waals surface area contributed by atoms with Crippen molar-refractivity contribution in [3.8, 4) is 6.07 Å². The Balaban J connectivity index is 1.34. The van der Waals surface area contributed by atoms with Crippen molar-refractivity contribution in [3.05, 3.63) is 35.4 Å². The van der Waals surface area contributed by atoms with Gasteiger partial charge in [0.15, 0.2) is 0 Å². The maximum atomic E-state index is 13.4. The fraction of sp³-hybridized carbons (Fsp3) is 0.625. The number of nitriles is 1. The van der Waals surface area contributed by atoms with Crippen LogP contribution in [0.3, 0.4) is 0 Å². The molecule has 0 aliphatic carbocycles. The molecular formula is C24H30F3N5O4S. The van der Waals surface area contributed by atoms with Crippen LogP contribution >= 0.6 is 0 Å². The molecular weight excluding hydrogens is 511 g/mol. The summed E-state index contributed by atoms with van der Waals surface area (Å²) < 4.78 is 66.8. The van der Waals surface area contributed by atoms with E-state index in [0.717, 1.165) is 12.1 Å². The van der Waals surface area contributed by atoms with Gasteiger partial charge in [0.1, 0.15) is 6.04 Å². The quantitative estimate of drug-likeness (QED) is 0.593. The highest BCUT2D eigenvalue weighted by atomic mass is 32.2. The van der Waals surface area contributed by atoms with Crippen LogP contribution in [0.4, 0.5) is 13.2 Å². The predicted octanol–water partition coefficient (Wildman–Crippen LogP) is 2.11. The number of likely N-dealkylation sites (tertiary alicyclic amines) is 1. The molecule has 0 spiro atoms. The summed E-state index contributed by atoms with van der Waals surface area (Å²) in [4.78, 5) is 27.7. The first kappa shape index (κ1) is 27.3. The number of nitrogens with one attached hydrogen (secondary N) is 1. The maximum absolute atomic E-state index is 13.4. The Morgan fingerprint density at radius 2 is 1.76 bits per heavy atom. The first-order valence-corrected chi connectivity index (χ1v) is 13.6. The normalized spacial score (nSPS) is 24.8. The second-order valence-corrected chi connectivity index (χ2v) is 12.2. The van der Waals surface area contributed by atoms with Gasteiger partial charge in [-0.05, 0) is 50.3 Å². The van der Waals surface area contributed by atoms with Crippen LogP contribution in [0.2, 0.25) is 0 Å². The van der Waals surface area contributed by atoms with Gasteiger partial charge in [0, 0.05) is 39.3 Å². The molecule has 9 nitrogen and oxygen atoms in total. The number of nitrogens with zero attached hydrogens (tertiary/aromatic N) is 4. The summed E-state index contributed by atoms with van der Waals surface area (Å²) in [6.45, 7) is 2.68. The van der Waals surface area contributed by atoms with E-state index in [1.54, 1.807) is 6.92 Å². The van der Waals surface area contributed by atoms with Crippen molar-refractivity contribution in [1.82, 2.24) is 18.8 Å². The van der Waals surface area contributed by atoms with Crippen molar-refractivity contribution >= 4 is 22.0 Å². The molecule has 3 fully saturated rings. The summed E-state index contributed by atoms with van der Waals surface area (Å²) in [5, 5.41) is 11.9. The molecule has 3 heterocycles. The molecule has 2 amide bonds. The number of piperidine rings is 1. The standard InChI is InChI=1S/C24H30F3N5O4S/c1-23(14-28)15-31(16-23)37(35,36)30-10-2-4-18(13-30)22(34)32-11-3-5-20(32)21(33)29-12-17-6-8-19(9-7-17)24(25,26)27/h6-9,18,20H,2-5,10-13,15-16H2,1H3,(H,29,33)/t18-,20+/m0/s1. The van der Waals surface area contributed by atoms with Gasteiger partial charge in [-0.1, -0.05) is 12.1 Å². The van der Waals surface area contributed by atoms with Gasteiger partial charge < -0.3 is 10.2 Å². The average Bonchev–Trinajstić information content (AvgIpc) is 3.34. The Morgan fingerprint density at radius 1 is 1.11 bits per heavy atom. The number of halogens is 3. The Kier molecular flexibility index (Phi) is 7.56. The molecule has 0 radical (unpaired) electrons. The molecule has 1 aromatic carbocycles. The lowest BCUT2D eigenvalue weighted by Crippen LogP contribution is -2.61. The number of hydrogen-bond acceptors (Lipinski definition) is 5. The number of amides is 2. The van der Waals surface area contributed by atoms with Gasteiger partial charge in [0.2, 0.25) is 11.8 Å². The molecule has 202 valence electrons. The fourth-order valence-electron chi connectivity index (χ4n) is 5.14. The van der Waals surface area contributed by atoms with E-state index in [1.165, 1.54) is 25.6 Å². The smallest absolute Gasteiger partial charge is 0.350 e. The maximum Gasteiger partial charge on any atom is 0.416 e. The van der Waals surface area contributed by atoms with Crippen LogP contribution in [-0.2, 0) is 32.5 Å². The van der Waals surface area contributed by atoms with Gasteiger partial charge in [-0.15, -0.1) is 0 Å². The third-order valence-corrected chi connectivity index (χ3v) is 9.19. The summed E-state index contributed by atoms with van der Waals surface area (Å²) in [7, 11) is -3.78. The molecule has 0 unspecified atom stereocenters. The number of carbonyl (C=O) groups is 2. The Morgan fingerprint density at radius 3 is 2.38 bits per heavy atom. The molecule has 4 rings (SSSR count). The predicted molar refractivity (Wildman–Crippen MR) is 127 cm³/mol. The number of carbonyl (C=O) groups excluding carboxylic acids is 2. The minimum atomic E-state index is -4.44. The van der Waals surface area contributed by atoms with E-state index in [1.807, 2.05) is 0 Å². The molecule has 37 heavy (non-hydrogen) atoms. The highest BCUT2D eigenvalue weighted by Gasteiger charge is 2.48. The molecule has 0 bridgehead atoms. The third-order valence-electron chi connectivity index (χ3n) is 7.29. The molecule has 13 heteroatoms. The van der Waals surface area contributed by atoms with E-state index in [4.69, 9.17) is 0 Å². The molecule has 3 saturated heterocycles. The van der Waals surface area contributed by atoms with Crippen LogP contribution in [0.25, 0.3) is 0 Å². The van der Waals surface area contributed by atoms with Crippen LogP contribution in [-0.4, -0.2) is 72.5 Å². The van der Waals surface area contributed by atoms with Crippen molar-refractivity contribution in [2.24, 2.45) is 11.3 Å². The summed E-state index contributed by atoms with van der Waals surface area (Å²) in [5.74, 6) is -1.23. The largest absolute Gasteiger partial charge is 0.416 e. The van der Waals surface area contributed by atoms with Gasteiger partial charge >= 0.3 is 6.18 Å². The molecule has 0 aromatic heterocycles. The summed E-state index contributed by atoms with van der Waals surface area (Å²) >= 11 is 0. The number of alkyl halides is 3. The van der Waals surface area contributed by atoms with Gasteiger partial charge in [0.25, 0.3) is 10.2 Å². The van der Waals surface area contributed by atoms with Crippen molar-refractivity contribution in [1.29, 1.82) is 5.26 Å². The zero-order valence-electron chi connectivity index (χ0n) is 20.5. The lowest BCUT2D eigenvalue weighted by molar-refractivity contribution is -0.142. The second-order valence-electron chi connectivity index (χ2n) is 10.2. The van der Waals surface area contributed by atoms with E-state index in [2.05, 4.69) is 11.4 Å². The Hall–Kier alpha value is -2.69. The molecule has 1 aromatic rings. The van der Waals surface area contributed by atoms with Crippen molar-refractivity contribution in [3.63, 3.8) is 0 Å². The topological polar surface area (TPSA) is 114 Å². The van der Waals surface area contributed by atoms with E-state index in [-0.39, 0.29) is 38.0 Å². The first-order chi connectivity index (χ1) is 17.3. The van der Waals surface area contributed by atoms with Crippen LogP contribution in [0.5, 0.6) is 0 Å². The van der Waals surface area contributed by atoms with Crippen LogP contribution in [0.15, 0.2) is 24.3 Å². The monoisotopic (exact) mass is 541 g/mol. The lowest BCUT2D eigenvalue weighted by atomic mass is 9.86. The van der Waals surface area contributed by atoms with Gasteiger partial charge in [-0.3, -0.25) is 9.59 Å². The molecule has 3 aliphatic rings. The number of benzene rings is 1. The lowest BCUT2D eigenvalue weighted by Gasteiger charge is -2.45. The van der Waals surface area contributed by atoms with Crippen molar-refractivity contribution < 1.29 is 31.2 Å². The van der Waals surface area contributed by atoms with E-state index in [9.17, 15) is 36.4 Å². The first-order valence-electron chi connectivity index (χ1n) is 12.2. The summed E-state index contributed by atoms with van der Waals surface area (Å²) in [6, 6.07) is 5.93.